The van der Waals surface area contributed by atoms with Gasteiger partial charge in [-0.3, -0.25) is 4.79 Å². The molecule has 0 spiro atoms. The second-order valence-corrected chi connectivity index (χ2v) is 3.33. The number of carbonyl (C=O) groups is 1. The summed E-state index contributed by atoms with van der Waals surface area (Å²) in [5, 5.41) is 0. The number of rotatable bonds is 2. The van der Waals surface area contributed by atoms with Gasteiger partial charge >= 0.3 is 5.97 Å². The predicted octanol–water partition coefficient (Wildman–Crippen LogP) is 1.85. The number of hydrogen-bond donors (Lipinski definition) is 0. The molecule has 0 aliphatic heterocycles. The molecule has 0 bridgehead atoms. The summed E-state index contributed by atoms with van der Waals surface area (Å²) in [7, 11) is 1.34. The van der Waals surface area contributed by atoms with E-state index in [9.17, 15) is 4.79 Å². The lowest BCUT2D eigenvalue weighted by Gasteiger charge is -1.92. The van der Waals surface area contributed by atoms with Crippen LogP contribution in [-0.4, -0.2) is 18.1 Å². The molecule has 0 saturated heterocycles. The van der Waals surface area contributed by atoms with Crippen molar-refractivity contribution < 1.29 is 13.9 Å². The van der Waals surface area contributed by atoms with E-state index >= 15 is 0 Å². The molecule has 15 heavy (non-hydrogen) atoms. The lowest BCUT2D eigenvalue weighted by Crippen LogP contribution is -2.04. The Kier molecular flexibility index (Phi) is 2.41. The van der Waals surface area contributed by atoms with Gasteiger partial charge in [-0.2, -0.15) is 0 Å². The number of nitrogens with zero attached hydrogens (tertiary/aromatic N) is 1. The summed E-state index contributed by atoms with van der Waals surface area (Å²) in [6.07, 6.45) is 0.0736. The van der Waals surface area contributed by atoms with Crippen molar-refractivity contribution in [3.05, 3.63) is 29.7 Å². The fourth-order valence-electron chi connectivity index (χ4n) is 1.35. The topological polar surface area (TPSA) is 52.3 Å². The van der Waals surface area contributed by atoms with Gasteiger partial charge in [-0.25, -0.2) is 4.98 Å². The molecule has 0 aliphatic rings. The Balaban J connectivity index is 2.34. The molecular weight excluding hydrogens is 194 g/mol. The molecule has 2 rings (SSSR count). The predicted molar refractivity (Wildman–Crippen MR) is 54.5 cm³/mol. The Morgan fingerprint density at radius 3 is 3.07 bits per heavy atom. The Bertz CT molecular complexity index is 502. The van der Waals surface area contributed by atoms with Crippen molar-refractivity contribution in [2.75, 3.05) is 7.11 Å². The van der Waals surface area contributed by atoms with E-state index in [1.54, 1.807) is 0 Å². The van der Waals surface area contributed by atoms with Gasteiger partial charge in [-0.1, -0.05) is 6.07 Å². The SMILES string of the molecule is COC(=O)Cc1nc2ccc(C)cc2o1. The van der Waals surface area contributed by atoms with Crippen LogP contribution in [-0.2, 0) is 16.0 Å². The molecule has 0 saturated carbocycles. The third kappa shape index (κ3) is 1.98. The van der Waals surface area contributed by atoms with E-state index < -0.39 is 0 Å². The molecule has 0 amide bonds. The monoisotopic (exact) mass is 205 g/mol. The number of methoxy groups -OCH3 is 1. The van der Waals surface area contributed by atoms with Crippen molar-refractivity contribution in [2.24, 2.45) is 0 Å². The van der Waals surface area contributed by atoms with Crippen LogP contribution < -0.4 is 0 Å². The van der Waals surface area contributed by atoms with Crippen LogP contribution in [0, 0.1) is 6.92 Å². The first-order valence-corrected chi connectivity index (χ1v) is 4.62. The molecular formula is C11H11NO3. The highest BCUT2D eigenvalue weighted by Gasteiger charge is 2.10. The number of oxazole rings is 1. The summed E-state index contributed by atoms with van der Waals surface area (Å²) < 4.78 is 9.94. The quantitative estimate of drug-likeness (QED) is 0.702. The van der Waals surface area contributed by atoms with Gasteiger partial charge in [0.25, 0.3) is 0 Å². The molecule has 4 nitrogen and oxygen atoms in total. The molecule has 0 atom stereocenters. The summed E-state index contributed by atoms with van der Waals surface area (Å²) in [5.41, 5.74) is 2.57. The van der Waals surface area contributed by atoms with Gasteiger partial charge in [-0.15, -0.1) is 0 Å². The van der Waals surface area contributed by atoms with Crippen LogP contribution in [0.3, 0.4) is 0 Å². The summed E-state index contributed by atoms with van der Waals surface area (Å²) in [4.78, 5) is 15.2. The Labute approximate surface area is 86.9 Å². The van der Waals surface area contributed by atoms with Crippen LogP contribution in [0.15, 0.2) is 22.6 Å². The zero-order valence-corrected chi connectivity index (χ0v) is 8.61. The smallest absolute Gasteiger partial charge is 0.314 e. The van der Waals surface area contributed by atoms with Gasteiger partial charge in [-0.05, 0) is 24.6 Å². The molecule has 1 aromatic carbocycles. The number of aromatic nitrogens is 1. The zero-order chi connectivity index (χ0) is 10.8. The Hall–Kier alpha value is -1.84. The van der Waals surface area contributed by atoms with Crippen LogP contribution in [0.4, 0.5) is 0 Å². The molecule has 0 N–H and O–H groups in total. The maximum absolute atomic E-state index is 11.0. The second-order valence-electron chi connectivity index (χ2n) is 3.33. The maximum atomic E-state index is 11.0. The Morgan fingerprint density at radius 1 is 1.53 bits per heavy atom. The summed E-state index contributed by atoms with van der Waals surface area (Å²) in [5.74, 6) is 0.0423. The molecule has 0 unspecified atom stereocenters. The normalized spacial score (nSPS) is 10.5. The largest absolute Gasteiger partial charge is 0.469 e. The minimum atomic E-state index is -0.349. The number of carbonyl (C=O) groups excluding carboxylic acids is 1. The average Bonchev–Trinajstić information content (AvgIpc) is 2.59. The molecule has 0 aliphatic carbocycles. The van der Waals surface area contributed by atoms with E-state index in [0.29, 0.717) is 11.5 Å². The molecule has 4 heteroatoms. The number of hydrogen-bond acceptors (Lipinski definition) is 4. The van der Waals surface area contributed by atoms with Crippen molar-refractivity contribution in [2.45, 2.75) is 13.3 Å². The third-order valence-electron chi connectivity index (χ3n) is 2.11. The molecule has 0 radical (unpaired) electrons. The molecule has 2 aromatic rings. The summed E-state index contributed by atoms with van der Waals surface area (Å²) >= 11 is 0. The van der Waals surface area contributed by atoms with E-state index in [1.165, 1.54) is 7.11 Å². The first-order valence-electron chi connectivity index (χ1n) is 4.62. The first kappa shape index (κ1) is 9.71. The minimum Gasteiger partial charge on any atom is -0.469 e. The van der Waals surface area contributed by atoms with Crippen LogP contribution in [0.25, 0.3) is 11.1 Å². The van der Waals surface area contributed by atoms with Crippen molar-refractivity contribution in [1.82, 2.24) is 4.98 Å². The van der Waals surface area contributed by atoms with Gasteiger partial charge in [0.2, 0.25) is 5.89 Å². The van der Waals surface area contributed by atoms with E-state index in [4.69, 9.17) is 4.42 Å². The second kappa shape index (κ2) is 3.73. The van der Waals surface area contributed by atoms with Gasteiger partial charge in [0, 0.05) is 0 Å². The van der Waals surface area contributed by atoms with E-state index in [1.807, 2.05) is 25.1 Å². The molecule has 78 valence electrons. The minimum absolute atomic E-state index is 0.0736. The summed E-state index contributed by atoms with van der Waals surface area (Å²) in [6.45, 7) is 1.97. The van der Waals surface area contributed by atoms with Gasteiger partial charge in [0.15, 0.2) is 5.58 Å². The van der Waals surface area contributed by atoms with Crippen LogP contribution in [0.2, 0.25) is 0 Å². The van der Waals surface area contributed by atoms with Crippen LogP contribution in [0.5, 0.6) is 0 Å². The zero-order valence-electron chi connectivity index (χ0n) is 8.61. The van der Waals surface area contributed by atoms with Gasteiger partial charge < -0.3 is 9.15 Å². The molecule has 0 fully saturated rings. The number of fused-ring (bicyclic) bond motifs is 1. The number of ether oxygens (including phenoxy) is 1. The summed E-state index contributed by atoms with van der Waals surface area (Å²) in [6, 6.07) is 5.71. The number of aryl methyl sites for hydroxylation is 1. The molecule has 1 heterocycles. The van der Waals surface area contributed by atoms with Crippen molar-refractivity contribution in [1.29, 1.82) is 0 Å². The van der Waals surface area contributed by atoms with Crippen molar-refractivity contribution in [3.8, 4) is 0 Å². The third-order valence-corrected chi connectivity index (χ3v) is 2.11. The fraction of sp³-hybridized carbons (Fsp3) is 0.273. The van der Waals surface area contributed by atoms with Gasteiger partial charge in [0.05, 0.1) is 7.11 Å². The number of benzene rings is 1. The van der Waals surface area contributed by atoms with Crippen molar-refractivity contribution in [3.63, 3.8) is 0 Å². The highest BCUT2D eigenvalue weighted by Crippen LogP contribution is 2.17. The fourth-order valence-corrected chi connectivity index (χ4v) is 1.35. The first-order chi connectivity index (χ1) is 7.19. The van der Waals surface area contributed by atoms with E-state index in [2.05, 4.69) is 9.72 Å². The lowest BCUT2D eigenvalue weighted by molar-refractivity contribution is -0.140. The number of esters is 1. The highest BCUT2D eigenvalue weighted by atomic mass is 16.5. The maximum Gasteiger partial charge on any atom is 0.314 e. The average molecular weight is 205 g/mol. The van der Waals surface area contributed by atoms with Crippen LogP contribution in [0.1, 0.15) is 11.5 Å². The molecule has 1 aromatic heterocycles. The lowest BCUT2D eigenvalue weighted by atomic mass is 10.2. The highest BCUT2D eigenvalue weighted by molar-refractivity contribution is 5.76. The standard InChI is InChI=1S/C11H11NO3/c1-7-3-4-8-9(5-7)15-10(12-8)6-11(13)14-2/h3-5H,6H2,1-2H3. The van der Waals surface area contributed by atoms with Crippen molar-refractivity contribution >= 4 is 17.1 Å². The van der Waals surface area contributed by atoms with Gasteiger partial charge in [0.1, 0.15) is 11.9 Å². The van der Waals surface area contributed by atoms with E-state index in [0.717, 1.165) is 11.1 Å². The van der Waals surface area contributed by atoms with E-state index in [-0.39, 0.29) is 12.4 Å². The van der Waals surface area contributed by atoms with Crippen LogP contribution >= 0.6 is 0 Å². The Morgan fingerprint density at radius 2 is 2.33 bits per heavy atom.